The third kappa shape index (κ3) is 6.52. The van der Waals surface area contributed by atoms with Crippen LogP contribution in [0.3, 0.4) is 0 Å². The number of carbonyl (C=O) groups is 1. The highest BCUT2D eigenvalue weighted by molar-refractivity contribution is 6.01. The molecule has 0 heterocycles. The van der Waals surface area contributed by atoms with Gasteiger partial charge in [0.1, 0.15) is 0 Å². The number of hydrogen-bond acceptors (Lipinski definition) is 4. The number of amides is 1. The van der Waals surface area contributed by atoms with Crippen molar-refractivity contribution < 1.29 is 14.3 Å². The number of anilines is 1. The Morgan fingerprint density at radius 3 is 2.56 bits per heavy atom. The van der Waals surface area contributed by atoms with Crippen molar-refractivity contribution in [1.29, 1.82) is 5.26 Å². The average molecular weight is 364 g/mol. The van der Waals surface area contributed by atoms with Crippen LogP contribution in [0.1, 0.15) is 25.0 Å². The van der Waals surface area contributed by atoms with E-state index in [4.69, 9.17) is 14.7 Å². The summed E-state index contributed by atoms with van der Waals surface area (Å²) < 4.78 is 11.1. The van der Waals surface area contributed by atoms with Crippen molar-refractivity contribution in [3.8, 4) is 17.6 Å². The van der Waals surface area contributed by atoms with E-state index in [9.17, 15) is 4.79 Å². The van der Waals surface area contributed by atoms with Crippen LogP contribution in [0.15, 0.2) is 48.5 Å². The van der Waals surface area contributed by atoms with E-state index in [1.807, 2.05) is 30.3 Å². The fraction of sp³-hybridized carbons (Fsp3) is 0.273. The van der Waals surface area contributed by atoms with Gasteiger partial charge in [-0.1, -0.05) is 32.0 Å². The number of methoxy groups -OCH3 is 1. The quantitative estimate of drug-likeness (QED) is 0.703. The molecule has 2 aromatic carbocycles. The molecule has 1 N–H and O–H groups in total. The molecule has 140 valence electrons. The lowest BCUT2D eigenvalue weighted by atomic mass is 10.1. The Morgan fingerprint density at radius 1 is 1.19 bits per heavy atom. The van der Waals surface area contributed by atoms with E-state index >= 15 is 0 Å². The molecule has 0 atom stereocenters. The van der Waals surface area contributed by atoms with Gasteiger partial charge in [0.05, 0.1) is 26.2 Å². The van der Waals surface area contributed by atoms with E-state index in [0.29, 0.717) is 36.1 Å². The molecule has 0 fully saturated rings. The highest BCUT2D eigenvalue weighted by Gasteiger charge is 2.06. The van der Waals surface area contributed by atoms with E-state index in [-0.39, 0.29) is 5.91 Å². The van der Waals surface area contributed by atoms with Crippen molar-refractivity contribution in [2.75, 3.05) is 19.0 Å². The maximum absolute atomic E-state index is 12.1. The minimum Gasteiger partial charge on any atom is -0.493 e. The summed E-state index contributed by atoms with van der Waals surface area (Å²) in [5.74, 6) is 1.51. The molecule has 5 nitrogen and oxygen atoms in total. The number of nitrogens with one attached hydrogen (secondary N) is 1. The zero-order chi connectivity index (χ0) is 19.6. The standard InChI is InChI=1S/C22H24N2O3/c1-16(2)15-27-20-10-6-18(14-21(20)26-3)7-11-22(25)24-19-8-4-17(5-9-19)12-13-23/h4-11,14,16H,12,15H2,1-3H3,(H,24,25)/b11-7+. The summed E-state index contributed by atoms with van der Waals surface area (Å²) >= 11 is 0. The number of benzene rings is 2. The molecule has 0 aliphatic heterocycles. The second-order valence-electron chi connectivity index (χ2n) is 6.47. The number of hydrogen-bond donors (Lipinski definition) is 1. The first-order valence-electron chi connectivity index (χ1n) is 8.77. The maximum Gasteiger partial charge on any atom is 0.248 e. The first-order valence-corrected chi connectivity index (χ1v) is 8.77. The summed E-state index contributed by atoms with van der Waals surface area (Å²) in [7, 11) is 1.59. The molecule has 0 aliphatic carbocycles. The molecule has 5 heteroatoms. The number of nitriles is 1. The molecule has 0 unspecified atom stereocenters. The molecule has 0 radical (unpaired) electrons. The first kappa shape index (κ1) is 20.1. The summed E-state index contributed by atoms with van der Waals surface area (Å²) in [6.07, 6.45) is 3.54. The van der Waals surface area contributed by atoms with Gasteiger partial charge in [0, 0.05) is 11.8 Å². The topological polar surface area (TPSA) is 71.3 Å². The van der Waals surface area contributed by atoms with Crippen LogP contribution in [-0.4, -0.2) is 19.6 Å². The van der Waals surface area contributed by atoms with Gasteiger partial charge in [-0.2, -0.15) is 5.26 Å². The van der Waals surface area contributed by atoms with E-state index < -0.39 is 0 Å². The SMILES string of the molecule is COc1cc(/C=C/C(=O)Nc2ccc(CC#N)cc2)ccc1OCC(C)C. The number of nitrogens with zero attached hydrogens (tertiary/aromatic N) is 1. The fourth-order valence-corrected chi connectivity index (χ4v) is 2.32. The van der Waals surface area contributed by atoms with Gasteiger partial charge in [-0.15, -0.1) is 0 Å². The molecule has 2 aromatic rings. The second kappa shape index (κ2) is 10.0. The van der Waals surface area contributed by atoms with Crippen molar-refractivity contribution in [1.82, 2.24) is 0 Å². The predicted molar refractivity (Wildman–Crippen MR) is 107 cm³/mol. The van der Waals surface area contributed by atoms with Gasteiger partial charge in [-0.25, -0.2) is 0 Å². The van der Waals surface area contributed by atoms with Crippen molar-refractivity contribution in [2.24, 2.45) is 5.92 Å². The number of rotatable bonds is 8. The maximum atomic E-state index is 12.1. The van der Waals surface area contributed by atoms with Crippen molar-refractivity contribution in [3.63, 3.8) is 0 Å². The summed E-state index contributed by atoms with van der Waals surface area (Å²) in [5, 5.41) is 11.5. The lowest BCUT2D eigenvalue weighted by molar-refractivity contribution is -0.111. The van der Waals surface area contributed by atoms with Crippen molar-refractivity contribution in [2.45, 2.75) is 20.3 Å². The molecule has 1 amide bonds. The van der Waals surface area contributed by atoms with Crippen LogP contribution in [0.4, 0.5) is 5.69 Å². The average Bonchev–Trinajstić information content (AvgIpc) is 2.66. The Balaban J connectivity index is 1.99. The molecule has 2 rings (SSSR count). The number of ether oxygens (including phenoxy) is 2. The van der Waals surface area contributed by atoms with E-state index in [2.05, 4.69) is 25.2 Å². The molecule has 27 heavy (non-hydrogen) atoms. The molecular formula is C22H24N2O3. The lowest BCUT2D eigenvalue weighted by Crippen LogP contribution is -2.07. The summed E-state index contributed by atoms with van der Waals surface area (Å²) in [6, 6.07) is 14.8. The minimum atomic E-state index is -0.234. The fourth-order valence-electron chi connectivity index (χ4n) is 2.32. The van der Waals surface area contributed by atoms with Crippen molar-refractivity contribution in [3.05, 3.63) is 59.7 Å². The Kier molecular flexibility index (Phi) is 7.45. The Labute approximate surface area is 160 Å². The molecule has 0 saturated carbocycles. The van der Waals surface area contributed by atoms with Gasteiger partial charge < -0.3 is 14.8 Å². The molecule has 0 spiro atoms. The summed E-state index contributed by atoms with van der Waals surface area (Å²) in [5.41, 5.74) is 2.43. The normalized spacial score (nSPS) is 10.6. The highest BCUT2D eigenvalue weighted by atomic mass is 16.5. The summed E-state index contributed by atoms with van der Waals surface area (Å²) in [6.45, 7) is 4.78. The van der Waals surface area contributed by atoms with Crippen LogP contribution >= 0.6 is 0 Å². The Hall–Kier alpha value is -3.26. The third-order valence-electron chi connectivity index (χ3n) is 3.69. The molecule has 0 bridgehead atoms. The smallest absolute Gasteiger partial charge is 0.248 e. The molecule has 0 saturated heterocycles. The summed E-state index contributed by atoms with van der Waals surface area (Å²) in [4.78, 5) is 12.1. The van der Waals surface area contributed by atoms with Crippen LogP contribution < -0.4 is 14.8 Å². The van der Waals surface area contributed by atoms with E-state index in [0.717, 1.165) is 11.1 Å². The van der Waals surface area contributed by atoms with Gasteiger partial charge in [-0.05, 0) is 47.4 Å². The van der Waals surface area contributed by atoms with Gasteiger partial charge in [0.15, 0.2) is 11.5 Å². The second-order valence-corrected chi connectivity index (χ2v) is 6.47. The van der Waals surface area contributed by atoms with Crippen LogP contribution in [-0.2, 0) is 11.2 Å². The highest BCUT2D eigenvalue weighted by Crippen LogP contribution is 2.29. The van der Waals surface area contributed by atoms with Gasteiger partial charge in [-0.3, -0.25) is 4.79 Å². The largest absolute Gasteiger partial charge is 0.493 e. The first-order chi connectivity index (χ1) is 13.0. The Morgan fingerprint density at radius 2 is 1.93 bits per heavy atom. The lowest BCUT2D eigenvalue weighted by Gasteiger charge is -2.12. The minimum absolute atomic E-state index is 0.234. The Bertz CT molecular complexity index is 834. The monoisotopic (exact) mass is 364 g/mol. The zero-order valence-corrected chi connectivity index (χ0v) is 15.9. The van der Waals surface area contributed by atoms with Crippen LogP contribution in [0, 0.1) is 17.2 Å². The van der Waals surface area contributed by atoms with Gasteiger partial charge in [0.2, 0.25) is 5.91 Å². The van der Waals surface area contributed by atoms with Crippen LogP contribution in [0.2, 0.25) is 0 Å². The van der Waals surface area contributed by atoms with Gasteiger partial charge >= 0.3 is 0 Å². The molecular weight excluding hydrogens is 340 g/mol. The zero-order valence-electron chi connectivity index (χ0n) is 15.9. The van der Waals surface area contributed by atoms with Crippen LogP contribution in [0.25, 0.3) is 6.08 Å². The van der Waals surface area contributed by atoms with E-state index in [1.54, 1.807) is 25.3 Å². The molecule has 0 aliphatic rings. The molecule has 0 aromatic heterocycles. The number of carbonyl (C=O) groups excluding carboxylic acids is 1. The predicted octanol–water partition coefficient (Wildman–Crippen LogP) is 4.45. The van der Waals surface area contributed by atoms with Crippen molar-refractivity contribution >= 4 is 17.7 Å². The van der Waals surface area contributed by atoms with Crippen LogP contribution in [0.5, 0.6) is 11.5 Å². The van der Waals surface area contributed by atoms with Gasteiger partial charge in [0.25, 0.3) is 0 Å². The van der Waals surface area contributed by atoms with E-state index in [1.165, 1.54) is 6.08 Å². The third-order valence-corrected chi connectivity index (χ3v) is 3.69.